The first-order valence-electron chi connectivity index (χ1n) is 9.41. The van der Waals surface area contributed by atoms with E-state index in [0.29, 0.717) is 11.4 Å². The fourth-order valence-corrected chi connectivity index (χ4v) is 4.06. The molecule has 3 rings (SSSR count). The van der Waals surface area contributed by atoms with Crippen LogP contribution in [0.15, 0.2) is 77.7 Å². The maximum Gasteiger partial charge on any atom is 0.264 e. The molecule has 1 N–H and O–H groups in total. The van der Waals surface area contributed by atoms with E-state index in [1.807, 2.05) is 32.0 Å². The SMILES string of the molecule is Cc1ccc(C)c(NC(=O)COc2ccc(N(C)S(=O)(=O)c3ccccc3)cc2)c1. The Hall–Kier alpha value is -3.32. The quantitative estimate of drug-likeness (QED) is 0.618. The van der Waals surface area contributed by atoms with Gasteiger partial charge in [-0.1, -0.05) is 30.3 Å². The summed E-state index contributed by atoms with van der Waals surface area (Å²) in [5, 5.41) is 2.84. The number of amides is 1. The number of hydrogen-bond acceptors (Lipinski definition) is 4. The predicted molar refractivity (Wildman–Crippen MR) is 119 cm³/mol. The van der Waals surface area contributed by atoms with Crippen molar-refractivity contribution in [3.63, 3.8) is 0 Å². The first kappa shape index (κ1) is 21.4. The highest BCUT2D eigenvalue weighted by Crippen LogP contribution is 2.24. The fourth-order valence-electron chi connectivity index (χ4n) is 2.85. The molecule has 3 aromatic rings. The molecular formula is C23H24N2O4S. The molecule has 0 aliphatic rings. The van der Waals surface area contributed by atoms with E-state index >= 15 is 0 Å². The zero-order valence-electron chi connectivity index (χ0n) is 17.1. The second-order valence-electron chi connectivity index (χ2n) is 6.93. The van der Waals surface area contributed by atoms with E-state index in [1.165, 1.54) is 11.4 Å². The van der Waals surface area contributed by atoms with E-state index in [1.54, 1.807) is 54.6 Å². The monoisotopic (exact) mass is 424 g/mol. The lowest BCUT2D eigenvalue weighted by Crippen LogP contribution is -2.26. The molecule has 6 nitrogen and oxygen atoms in total. The number of aryl methyl sites for hydroxylation is 2. The highest BCUT2D eigenvalue weighted by Gasteiger charge is 2.20. The Bertz CT molecular complexity index is 1130. The van der Waals surface area contributed by atoms with Crippen molar-refractivity contribution in [3.8, 4) is 5.75 Å². The van der Waals surface area contributed by atoms with Crippen molar-refractivity contribution in [2.24, 2.45) is 0 Å². The third-order valence-electron chi connectivity index (χ3n) is 4.64. The van der Waals surface area contributed by atoms with Crippen molar-refractivity contribution >= 4 is 27.3 Å². The van der Waals surface area contributed by atoms with Crippen LogP contribution in [0.25, 0.3) is 0 Å². The lowest BCUT2D eigenvalue weighted by atomic mass is 10.1. The smallest absolute Gasteiger partial charge is 0.264 e. The normalized spacial score (nSPS) is 11.0. The van der Waals surface area contributed by atoms with Crippen LogP contribution >= 0.6 is 0 Å². The highest BCUT2D eigenvalue weighted by molar-refractivity contribution is 7.92. The van der Waals surface area contributed by atoms with Crippen LogP contribution in [0.5, 0.6) is 5.75 Å². The molecule has 1 amide bonds. The van der Waals surface area contributed by atoms with Gasteiger partial charge in [-0.05, 0) is 67.4 Å². The number of nitrogens with zero attached hydrogens (tertiary/aromatic N) is 1. The summed E-state index contributed by atoms with van der Waals surface area (Å²) < 4.78 is 32.1. The van der Waals surface area contributed by atoms with Gasteiger partial charge >= 0.3 is 0 Å². The van der Waals surface area contributed by atoms with Gasteiger partial charge in [-0.2, -0.15) is 0 Å². The maximum atomic E-state index is 12.7. The molecule has 0 spiro atoms. The van der Waals surface area contributed by atoms with Crippen molar-refractivity contribution in [1.82, 2.24) is 0 Å². The summed E-state index contributed by atoms with van der Waals surface area (Å²) >= 11 is 0. The van der Waals surface area contributed by atoms with Gasteiger partial charge < -0.3 is 10.1 Å². The van der Waals surface area contributed by atoms with Crippen molar-refractivity contribution in [2.45, 2.75) is 18.7 Å². The number of rotatable bonds is 7. The minimum Gasteiger partial charge on any atom is -0.484 e. The average Bonchev–Trinajstić information content (AvgIpc) is 2.75. The number of ether oxygens (including phenoxy) is 1. The Kier molecular flexibility index (Phi) is 6.42. The summed E-state index contributed by atoms with van der Waals surface area (Å²) in [4.78, 5) is 12.4. The zero-order chi connectivity index (χ0) is 21.7. The van der Waals surface area contributed by atoms with Crippen LogP contribution in [-0.4, -0.2) is 28.0 Å². The molecule has 0 bridgehead atoms. The van der Waals surface area contributed by atoms with Crippen LogP contribution in [0.4, 0.5) is 11.4 Å². The van der Waals surface area contributed by atoms with Crippen LogP contribution in [0, 0.1) is 13.8 Å². The summed E-state index contributed by atoms with van der Waals surface area (Å²) in [6.45, 7) is 3.74. The Morgan fingerprint density at radius 1 is 0.967 bits per heavy atom. The summed E-state index contributed by atoms with van der Waals surface area (Å²) in [5.41, 5.74) is 3.28. The number of sulfonamides is 1. The molecule has 0 unspecified atom stereocenters. The van der Waals surface area contributed by atoms with Crippen molar-refractivity contribution in [1.29, 1.82) is 0 Å². The molecular weight excluding hydrogens is 400 g/mol. The number of carbonyl (C=O) groups excluding carboxylic acids is 1. The van der Waals surface area contributed by atoms with E-state index in [0.717, 1.165) is 16.8 Å². The van der Waals surface area contributed by atoms with E-state index in [9.17, 15) is 13.2 Å². The van der Waals surface area contributed by atoms with Crippen LogP contribution in [-0.2, 0) is 14.8 Å². The van der Waals surface area contributed by atoms with E-state index in [-0.39, 0.29) is 17.4 Å². The van der Waals surface area contributed by atoms with E-state index < -0.39 is 10.0 Å². The summed E-state index contributed by atoms with van der Waals surface area (Å²) in [6, 6.07) is 20.6. The number of benzene rings is 3. The van der Waals surface area contributed by atoms with Gasteiger partial charge in [-0.25, -0.2) is 8.42 Å². The average molecular weight is 425 g/mol. The maximum absolute atomic E-state index is 12.7. The second-order valence-corrected chi connectivity index (χ2v) is 8.90. The Balaban J connectivity index is 1.62. The Labute approximate surface area is 177 Å². The molecule has 0 atom stereocenters. The Morgan fingerprint density at radius 3 is 2.30 bits per heavy atom. The molecule has 0 saturated heterocycles. The van der Waals surface area contributed by atoms with Crippen molar-refractivity contribution in [2.75, 3.05) is 23.3 Å². The number of nitrogens with one attached hydrogen (secondary N) is 1. The molecule has 0 saturated carbocycles. The van der Waals surface area contributed by atoms with Gasteiger partial charge in [0.1, 0.15) is 5.75 Å². The topological polar surface area (TPSA) is 75.7 Å². The van der Waals surface area contributed by atoms with Gasteiger partial charge in [-0.15, -0.1) is 0 Å². The summed E-state index contributed by atoms with van der Waals surface area (Å²) in [5.74, 6) is 0.205. The molecule has 0 aromatic heterocycles. The second kappa shape index (κ2) is 9.00. The van der Waals surface area contributed by atoms with Gasteiger partial charge in [0.2, 0.25) is 0 Å². The third kappa shape index (κ3) is 4.99. The van der Waals surface area contributed by atoms with Crippen LogP contribution in [0.2, 0.25) is 0 Å². The molecule has 156 valence electrons. The highest BCUT2D eigenvalue weighted by atomic mass is 32.2. The molecule has 0 aliphatic carbocycles. The first-order valence-corrected chi connectivity index (χ1v) is 10.9. The van der Waals surface area contributed by atoms with Crippen LogP contribution < -0.4 is 14.4 Å². The first-order chi connectivity index (χ1) is 14.3. The van der Waals surface area contributed by atoms with Gasteiger partial charge in [0, 0.05) is 12.7 Å². The lowest BCUT2D eigenvalue weighted by molar-refractivity contribution is -0.118. The van der Waals surface area contributed by atoms with Gasteiger partial charge in [0.15, 0.2) is 6.61 Å². The number of anilines is 2. The molecule has 7 heteroatoms. The molecule has 0 heterocycles. The molecule has 30 heavy (non-hydrogen) atoms. The number of carbonyl (C=O) groups is 1. The van der Waals surface area contributed by atoms with Gasteiger partial charge in [0.25, 0.3) is 15.9 Å². The summed E-state index contributed by atoms with van der Waals surface area (Å²) in [7, 11) is -2.15. The molecule has 0 fully saturated rings. The van der Waals surface area contributed by atoms with Crippen molar-refractivity contribution in [3.05, 3.63) is 83.9 Å². The van der Waals surface area contributed by atoms with Crippen LogP contribution in [0.3, 0.4) is 0 Å². The fraction of sp³-hybridized carbons (Fsp3) is 0.174. The van der Waals surface area contributed by atoms with E-state index in [4.69, 9.17) is 4.74 Å². The molecule has 3 aromatic carbocycles. The predicted octanol–water partition coefficient (Wildman–Crippen LogP) is 4.15. The zero-order valence-corrected chi connectivity index (χ0v) is 17.9. The minimum atomic E-state index is -3.64. The molecule has 0 radical (unpaired) electrons. The largest absolute Gasteiger partial charge is 0.484 e. The van der Waals surface area contributed by atoms with Gasteiger partial charge in [0.05, 0.1) is 10.6 Å². The molecule has 0 aliphatic heterocycles. The lowest BCUT2D eigenvalue weighted by Gasteiger charge is -2.19. The third-order valence-corrected chi connectivity index (χ3v) is 6.44. The summed E-state index contributed by atoms with van der Waals surface area (Å²) in [6.07, 6.45) is 0. The minimum absolute atomic E-state index is 0.148. The van der Waals surface area contributed by atoms with Gasteiger partial charge in [-0.3, -0.25) is 9.10 Å². The van der Waals surface area contributed by atoms with Crippen molar-refractivity contribution < 1.29 is 17.9 Å². The Morgan fingerprint density at radius 2 is 1.63 bits per heavy atom. The standard InChI is InChI=1S/C23H24N2O4S/c1-17-9-10-18(2)22(15-17)24-23(26)16-29-20-13-11-19(12-14-20)25(3)30(27,28)21-7-5-4-6-8-21/h4-15H,16H2,1-3H3,(H,24,26). The van der Waals surface area contributed by atoms with E-state index in [2.05, 4.69) is 5.32 Å². The number of hydrogen-bond donors (Lipinski definition) is 1. The van der Waals surface area contributed by atoms with Crippen LogP contribution in [0.1, 0.15) is 11.1 Å².